The number of nitrogens with two attached hydrogens (primary N) is 1. The summed E-state index contributed by atoms with van der Waals surface area (Å²) in [5.41, 5.74) is 5.54. The zero-order valence-electron chi connectivity index (χ0n) is 10.9. The molecule has 1 saturated carbocycles. The van der Waals surface area contributed by atoms with Crippen molar-refractivity contribution in [2.24, 2.45) is 17.1 Å². The second kappa shape index (κ2) is 5.67. The van der Waals surface area contributed by atoms with Crippen LogP contribution in [0.25, 0.3) is 0 Å². The fourth-order valence-corrected chi connectivity index (χ4v) is 2.45. The van der Waals surface area contributed by atoms with E-state index in [9.17, 15) is 4.79 Å². The lowest BCUT2D eigenvalue weighted by atomic mass is 9.78. The molecule has 1 fully saturated rings. The Morgan fingerprint density at radius 2 is 1.88 bits per heavy atom. The van der Waals surface area contributed by atoms with Gasteiger partial charge in [0.15, 0.2) is 0 Å². The smallest absolute Gasteiger partial charge is 0.227 e. The standard InChI is InChI=1S/C13H26N2O/c1-4-6-13(9-14,7-5-2)12(16)15-11-8-10(11)3/h10-11H,4-9,14H2,1-3H3,(H,15,16). The molecular weight excluding hydrogens is 200 g/mol. The van der Waals surface area contributed by atoms with E-state index in [0.717, 1.165) is 32.1 Å². The van der Waals surface area contributed by atoms with Crippen LogP contribution in [0, 0.1) is 11.3 Å². The molecule has 0 aromatic rings. The lowest BCUT2D eigenvalue weighted by Crippen LogP contribution is -2.47. The van der Waals surface area contributed by atoms with Crippen LogP contribution in [0.1, 0.15) is 52.9 Å². The topological polar surface area (TPSA) is 55.1 Å². The molecule has 1 aliphatic carbocycles. The first-order chi connectivity index (χ1) is 7.59. The third kappa shape index (κ3) is 2.97. The summed E-state index contributed by atoms with van der Waals surface area (Å²) in [5.74, 6) is 0.843. The maximum absolute atomic E-state index is 12.3. The molecule has 1 aliphatic rings. The van der Waals surface area contributed by atoms with Crippen molar-refractivity contribution in [1.29, 1.82) is 0 Å². The molecule has 0 heterocycles. The van der Waals surface area contributed by atoms with Crippen LogP contribution in [0.5, 0.6) is 0 Å². The third-order valence-corrected chi connectivity index (χ3v) is 3.76. The highest BCUT2D eigenvalue weighted by Crippen LogP contribution is 2.33. The molecule has 0 aromatic heterocycles. The number of amides is 1. The van der Waals surface area contributed by atoms with Gasteiger partial charge in [0, 0.05) is 12.6 Å². The Labute approximate surface area is 99.2 Å². The number of carbonyl (C=O) groups excluding carboxylic acids is 1. The normalized spacial score (nSPS) is 24.2. The van der Waals surface area contributed by atoms with Crippen LogP contribution in [-0.2, 0) is 4.79 Å². The Balaban J connectivity index is 2.61. The summed E-state index contributed by atoms with van der Waals surface area (Å²) >= 11 is 0. The summed E-state index contributed by atoms with van der Waals surface area (Å²) < 4.78 is 0. The van der Waals surface area contributed by atoms with Crippen molar-refractivity contribution in [3.8, 4) is 0 Å². The average molecular weight is 226 g/mol. The number of hydrogen-bond acceptors (Lipinski definition) is 2. The fraction of sp³-hybridized carbons (Fsp3) is 0.923. The second-order valence-corrected chi connectivity index (χ2v) is 5.28. The first kappa shape index (κ1) is 13.5. The van der Waals surface area contributed by atoms with E-state index in [-0.39, 0.29) is 11.3 Å². The van der Waals surface area contributed by atoms with Crippen LogP contribution >= 0.6 is 0 Å². The van der Waals surface area contributed by atoms with Crippen molar-refractivity contribution in [1.82, 2.24) is 5.32 Å². The maximum atomic E-state index is 12.3. The van der Waals surface area contributed by atoms with Gasteiger partial charge in [0.05, 0.1) is 5.41 Å². The summed E-state index contributed by atoms with van der Waals surface area (Å²) in [7, 11) is 0. The summed E-state index contributed by atoms with van der Waals surface area (Å²) in [6, 6.07) is 0.409. The molecule has 0 spiro atoms. The molecular formula is C13H26N2O. The lowest BCUT2D eigenvalue weighted by molar-refractivity contribution is -0.131. The molecule has 0 aromatic carbocycles. The second-order valence-electron chi connectivity index (χ2n) is 5.28. The van der Waals surface area contributed by atoms with Crippen LogP contribution in [0.3, 0.4) is 0 Å². The lowest BCUT2D eigenvalue weighted by Gasteiger charge is -2.30. The fourth-order valence-electron chi connectivity index (χ4n) is 2.45. The number of rotatable bonds is 7. The van der Waals surface area contributed by atoms with E-state index < -0.39 is 0 Å². The molecule has 2 unspecified atom stereocenters. The first-order valence-electron chi connectivity index (χ1n) is 6.60. The molecule has 3 heteroatoms. The van der Waals surface area contributed by atoms with Crippen molar-refractivity contribution < 1.29 is 4.79 Å². The Morgan fingerprint density at radius 3 is 2.19 bits per heavy atom. The molecule has 0 saturated heterocycles. The molecule has 0 radical (unpaired) electrons. The van der Waals surface area contributed by atoms with Crippen LogP contribution in [0.15, 0.2) is 0 Å². The minimum atomic E-state index is -0.314. The predicted molar refractivity (Wildman–Crippen MR) is 67.0 cm³/mol. The molecule has 0 bridgehead atoms. The van der Waals surface area contributed by atoms with Gasteiger partial charge in [0.2, 0.25) is 5.91 Å². The minimum Gasteiger partial charge on any atom is -0.353 e. The highest BCUT2D eigenvalue weighted by molar-refractivity contribution is 5.83. The van der Waals surface area contributed by atoms with E-state index in [1.807, 2.05) is 0 Å². The summed E-state index contributed by atoms with van der Waals surface area (Å²) in [5, 5.41) is 3.15. The molecule has 16 heavy (non-hydrogen) atoms. The van der Waals surface area contributed by atoms with E-state index >= 15 is 0 Å². The Bertz CT molecular complexity index is 234. The van der Waals surface area contributed by atoms with Crippen LogP contribution < -0.4 is 11.1 Å². The highest BCUT2D eigenvalue weighted by atomic mass is 16.2. The third-order valence-electron chi connectivity index (χ3n) is 3.76. The van der Waals surface area contributed by atoms with Gasteiger partial charge in [-0.25, -0.2) is 0 Å². The van der Waals surface area contributed by atoms with Gasteiger partial charge in [-0.15, -0.1) is 0 Å². The molecule has 0 aliphatic heterocycles. The highest BCUT2D eigenvalue weighted by Gasteiger charge is 2.41. The van der Waals surface area contributed by atoms with E-state index in [2.05, 4.69) is 26.1 Å². The molecule has 1 amide bonds. The molecule has 1 rings (SSSR count). The quantitative estimate of drug-likeness (QED) is 0.698. The van der Waals surface area contributed by atoms with Crippen molar-refractivity contribution in [2.45, 2.75) is 58.9 Å². The minimum absolute atomic E-state index is 0.188. The van der Waals surface area contributed by atoms with E-state index in [0.29, 0.717) is 18.5 Å². The van der Waals surface area contributed by atoms with Crippen molar-refractivity contribution in [2.75, 3.05) is 6.54 Å². The number of nitrogens with one attached hydrogen (secondary N) is 1. The zero-order chi connectivity index (χ0) is 12.2. The van der Waals surface area contributed by atoms with Crippen molar-refractivity contribution in [3.63, 3.8) is 0 Å². The Hall–Kier alpha value is -0.570. The zero-order valence-corrected chi connectivity index (χ0v) is 10.9. The van der Waals surface area contributed by atoms with Gasteiger partial charge in [0.25, 0.3) is 0 Å². The van der Waals surface area contributed by atoms with Gasteiger partial charge in [-0.1, -0.05) is 33.6 Å². The maximum Gasteiger partial charge on any atom is 0.227 e. The first-order valence-corrected chi connectivity index (χ1v) is 6.60. The number of carbonyl (C=O) groups is 1. The molecule has 3 nitrogen and oxygen atoms in total. The van der Waals surface area contributed by atoms with Gasteiger partial charge < -0.3 is 11.1 Å². The molecule has 3 N–H and O–H groups in total. The number of hydrogen-bond donors (Lipinski definition) is 2. The summed E-state index contributed by atoms with van der Waals surface area (Å²) in [6.45, 7) is 6.89. The van der Waals surface area contributed by atoms with Gasteiger partial charge in [0.1, 0.15) is 0 Å². The van der Waals surface area contributed by atoms with Crippen molar-refractivity contribution >= 4 is 5.91 Å². The van der Waals surface area contributed by atoms with Gasteiger partial charge in [-0.2, -0.15) is 0 Å². The average Bonchev–Trinajstić information content (AvgIpc) is 2.93. The van der Waals surface area contributed by atoms with E-state index in [4.69, 9.17) is 5.73 Å². The SMILES string of the molecule is CCCC(CN)(CCC)C(=O)NC1CC1C. The van der Waals surface area contributed by atoms with Gasteiger partial charge in [-0.05, 0) is 25.2 Å². The molecule has 94 valence electrons. The molecule has 2 atom stereocenters. The van der Waals surface area contributed by atoms with Crippen LogP contribution in [-0.4, -0.2) is 18.5 Å². The van der Waals surface area contributed by atoms with Gasteiger partial charge in [-0.3, -0.25) is 4.79 Å². The Kier molecular flexibility index (Phi) is 4.78. The van der Waals surface area contributed by atoms with Gasteiger partial charge >= 0.3 is 0 Å². The van der Waals surface area contributed by atoms with Crippen LogP contribution in [0.2, 0.25) is 0 Å². The van der Waals surface area contributed by atoms with E-state index in [1.165, 1.54) is 0 Å². The Morgan fingerprint density at radius 1 is 1.38 bits per heavy atom. The van der Waals surface area contributed by atoms with Crippen molar-refractivity contribution in [3.05, 3.63) is 0 Å². The largest absolute Gasteiger partial charge is 0.353 e. The summed E-state index contributed by atoms with van der Waals surface area (Å²) in [6.07, 6.45) is 4.98. The van der Waals surface area contributed by atoms with Crippen LogP contribution in [0.4, 0.5) is 0 Å². The predicted octanol–water partition coefficient (Wildman–Crippen LogP) is 2.06. The van der Waals surface area contributed by atoms with E-state index in [1.54, 1.807) is 0 Å². The summed E-state index contributed by atoms with van der Waals surface area (Å²) in [4.78, 5) is 12.3. The monoisotopic (exact) mass is 226 g/mol.